The Morgan fingerprint density at radius 1 is 1.19 bits per heavy atom. The number of rotatable bonds is 3. The van der Waals surface area contributed by atoms with Crippen molar-refractivity contribution in [2.75, 3.05) is 13.7 Å². The van der Waals surface area contributed by atoms with E-state index in [1.165, 1.54) is 24.3 Å². The summed E-state index contributed by atoms with van der Waals surface area (Å²) in [4.78, 5) is 16.3. The van der Waals surface area contributed by atoms with Crippen LogP contribution >= 0.6 is 0 Å². The highest BCUT2D eigenvalue weighted by molar-refractivity contribution is 6.11. The van der Waals surface area contributed by atoms with Crippen molar-refractivity contribution in [1.82, 2.24) is 0 Å². The van der Waals surface area contributed by atoms with Gasteiger partial charge in [-0.3, -0.25) is 0 Å². The van der Waals surface area contributed by atoms with E-state index in [1.54, 1.807) is 13.2 Å². The van der Waals surface area contributed by atoms with Gasteiger partial charge in [0.25, 0.3) is 0 Å². The van der Waals surface area contributed by atoms with E-state index in [2.05, 4.69) is 4.99 Å². The third-order valence-electron chi connectivity index (χ3n) is 3.99. The Hall–Kier alpha value is -3.41. The Morgan fingerprint density at radius 2 is 2.00 bits per heavy atom. The van der Waals surface area contributed by atoms with Gasteiger partial charge < -0.3 is 14.2 Å². The first-order valence-corrected chi connectivity index (χ1v) is 7.92. The standard InChI is InChI=1S/C20H14FNO4/c1-24-16-7-4-14-8-12(11-25-18(14)10-16)9-17-20(23)26-19(22-17)13-2-5-15(21)6-3-13/h2-10H,11H2,1H3/b17-9+. The third-order valence-corrected chi connectivity index (χ3v) is 3.99. The highest BCUT2D eigenvalue weighted by Crippen LogP contribution is 2.31. The lowest BCUT2D eigenvalue weighted by molar-refractivity contribution is -0.130. The molecule has 4 rings (SSSR count). The van der Waals surface area contributed by atoms with Gasteiger partial charge in [-0.2, -0.15) is 0 Å². The molecule has 0 aromatic heterocycles. The van der Waals surface area contributed by atoms with Gasteiger partial charge in [-0.05, 0) is 54.1 Å². The first kappa shape index (κ1) is 16.1. The van der Waals surface area contributed by atoms with Gasteiger partial charge in [0.1, 0.15) is 23.9 Å². The number of hydrogen-bond acceptors (Lipinski definition) is 5. The molecule has 2 aromatic rings. The number of hydrogen-bond donors (Lipinski definition) is 0. The molecule has 5 nitrogen and oxygen atoms in total. The van der Waals surface area contributed by atoms with Crippen LogP contribution in [0.2, 0.25) is 0 Å². The van der Waals surface area contributed by atoms with E-state index in [0.717, 1.165) is 16.9 Å². The lowest BCUT2D eigenvalue weighted by Crippen LogP contribution is -2.08. The Morgan fingerprint density at radius 3 is 2.77 bits per heavy atom. The van der Waals surface area contributed by atoms with Crippen LogP contribution in [0.1, 0.15) is 11.1 Å². The monoisotopic (exact) mass is 351 g/mol. The molecule has 0 spiro atoms. The molecule has 0 saturated heterocycles. The minimum Gasteiger partial charge on any atom is -0.497 e. The van der Waals surface area contributed by atoms with Gasteiger partial charge in [0.05, 0.1) is 7.11 Å². The van der Waals surface area contributed by atoms with E-state index in [0.29, 0.717) is 17.9 Å². The highest BCUT2D eigenvalue weighted by atomic mass is 19.1. The number of aliphatic imine (C=N–C) groups is 1. The zero-order valence-electron chi connectivity index (χ0n) is 13.9. The number of cyclic esters (lactones) is 1. The summed E-state index contributed by atoms with van der Waals surface area (Å²) in [5.74, 6) is 0.673. The molecule has 6 heteroatoms. The van der Waals surface area contributed by atoms with Crippen LogP contribution in [0.25, 0.3) is 6.08 Å². The number of ether oxygens (including phenoxy) is 3. The predicted octanol–water partition coefficient (Wildman–Crippen LogP) is 3.50. The molecule has 0 unspecified atom stereocenters. The van der Waals surface area contributed by atoms with Crippen LogP contribution in [0.3, 0.4) is 0 Å². The number of carbonyl (C=O) groups excluding carboxylic acids is 1. The number of methoxy groups -OCH3 is 1. The molecule has 2 aliphatic heterocycles. The molecular formula is C20H14FNO4. The van der Waals surface area contributed by atoms with Crippen molar-refractivity contribution in [2.45, 2.75) is 0 Å². The molecule has 0 saturated carbocycles. The minimum absolute atomic E-state index is 0.156. The molecule has 26 heavy (non-hydrogen) atoms. The predicted molar refractivity (Wildman–Crippen MR) is 93.6 cm³/mol. The van der Waals surface area contributed by atoms with Crippen LogP contribution in [0.5, 0.6) is 11.5 Å². The second-order valence-electron chi connectivity index (χ2n) is 5.75. The maximum absolute atomic E-state index is 13.0. The molecule has 130 valence electrons. The number of carbonyl (C=O) groups is 1. The van der Waals surface area contributed by atoms with Crippen molar-refractivity contribution >= 4 is 17.9 Å². The Kier molecular flexibility index (Phi) is 4.01. The summed E-state index contributed by atoms with van der Waals surface area (Å²) in [5, 5.41) is 0. The maximum Gasteiger partial charge on any atom is 0.363 e. The maximum atomic E-state index is 13.0. The van der Waals surface area contributed by atoms with E-state index in [1.807, 2.05) is 24.3 Å². The minimum atomic E-state index is -0.550. The number of esters is 1. The second kappa shape index (κ2) is 6.48. The van der Waals surface area contributed by atoms with Crippen LogP contribution < -0.4 is 9.47 Å². The third kappa shape index (κ3) is 3.09. The average molecular weight is 351 g/mol. The van der Waals surface area contributed by atoms with Gasteiger partial charge in [-0.15, -0.1) is 0 Å². The fourth-order valence-electron chi connectivity index (χ4n) is 2.67. The number of halogens is 1. The summed E-state index contributed by atoms with van der Waals surface area (Å²) in [6.07, 6.45) is 3.55. The van der Waals surface area contributed by atoms with Gasteiger partial charge in [0.2, 0.25) is 5.90 Å². The van der Waals surface area contributed by atoms with Crippen LogP contribution in [0.4, 0.5) is 4.39 Å². The lowest BCUT2D eigenvalue weighted by Gasteiger charge is -2.16. The molecule has 0 radical (unpaired) electrons. The highest BCUT2D eigenvalue weighted by Gasteiger charge is 2.25. The van der Waals surface area contributed by atoms with E-state index in [9.17, 15) is 9.18 Å². The quantitative estimate of drug-likeness (QED) is 0.627. The fraction of sp³-hybridized carbons (Fsp3) is 0.100. The van der Waals surface area contributed by atoms with Gasteiger partial charge in [-0.25, -0.2) is 14.2 Å². The lowest BCUT2D eigenvalue weighted by atomic mass is 10.1. The SMILES string of the molecule is COc1ccc2c(c1)OCC(/C=C1/N=C(c3ccc(F)cc3)OC1=O)=C2. The van der Waals surface area contributed by atoms with Gasteiger partial charge >= 0.3 is 5.97 Å². The smallest absolute Gasteiger partial charge is 0.363 e. The van der Waals surface area contributed by atoms with Crippen molar-refractivity contribution in [3.8, 4) is 11.5 Å². The largest absolute Gasteiger partial charge is 0.497 e. The first-order chi connectivity index (χ1) is 12.6. The van der Waals surface area contributed by atoms with Crippen molar-refractivity contribution < 1.29 is 23.4 Å². The van der Waals surface area contributed by atoms with Crippen LogP contribution in [-0.4, -0.2) is 25.6 Å². The number of fused-ring (bicyclic) bond motifs is 1. The average Bonchev–Trinajstić information content (AvgIpc) is 3.02. The zero-order chi connectivity index (χ0) is 18.1. The summed E-state index contributed by atoms with van der Waals surface area (Å²) < 4.78 is 29.1. The molecule has 2 aliphatic rings. The Bertz CT molecular complexity index is 974. The van der Waals surface area contributed by atoms with Crippen LogP contribution in [0.15, 0.2) is 64.8 Å². The molecular weight excluding hydrogens is 337 g/mol. The second-order valence-corrected chi connectivity index (χ2v) is 5.75. The molecule has 0 amide bonds. The van der Waals surface area contributed by atoms with E-state index in [-0.39, 0.29) is 17.4 Å². The van der Waals surface area contributed by atoms with E-state index in [4.69, 9.17) is 14.2 Å². The van der Waals surface area contributed by atoms with Gasteiger partial charge in [0, 0.05) is 17.2 Å². The summed E-state index contributed by atoms with van der Waals surface area (Å²) in [6, 6.07) is 11.1. The van der Waals surface area contributed by atoms with Crippen molar-refractivity contribution in [1.29, 1.82) is 0 Å². The van der Waals surface area contributed by atoms with Crippen LogP contribution in [-0.2, 0) is 9.53 Å². The van der Waals surface area contributed by atoms with Crippen molar-refractivity contribution in [2.24, 2.45) is 4.99 Å². The number of nitrogens with zero attached hydrogens (tertiary/aromatic N) is 1. The molecule has 2 heterocycles. The first-order valence-electron chi connectivity index (χ1n) is 7.92. The normalized spacial score (nSPS) is 17.2. The van der Waals surface area contributed by atoms with E-state index < -0.39 is 5.97 Å². The zero-order valence-corrected chi connectivity index (χ0v) is 13.9. The van der Waals surface area contributed by atoms with Crippen molar-refractivity contribution in [3.05, 3.63) is 76.8 Å². The molecule has 0 bridgehead atoms. The summed E-state index contributed by atoms with van der Waals surface area (Å²) >= 11 is 0. The fourth-order valence-corrected chi connectivity index (χ4v) is 2.67. The molecule has 0 aliphatic carbocycles. The summed E-state index contributed by atoms with van der Waals surface area (Å²) in [7, 11) is 1.60. The van der Waals surface area contributed by atoms with Gasteiger partial charge in [-0.1, -0.05) is 0 Å². The molecule has 0 fully saturated rings. The summed E-state index contributed by atoms with van der Waals surface area (Å²) in [6.45, 7) is 0.304. The Labute approximate surface area is 149 Å². The molecule has 0 N–H and O–H groups in total. The molecule has 2 aromatic carbocycles. The molecule has 0 atom stereocenters. The van der Waals surface area contributed by atoms with E-state index >= 15 is 0 Å². The number of benzene rings is 2. The topological polar surface area (TPSA) is 57.1 Å². The van der Waals surface area contributed by atoms with Crippen LogP contribution in [0, 0.1) is 5.82 Å². The van der Waals surface area contributed by atoms with Crippen molar-refractivity contribution in [3.63, 3.8) is 0 Å². The summed E-state index contributed by atoms with van der Waals surface area (Å²) in [5.41, 5.74) is 2.39. The van der Waals surface area contributed by atoms with Gasteiger partial charge in [0.15, 0.2) is 5.70 Å². The Balaban J connectivity index is 1.62.